The van der Waals surface area contributed by atoms with E-state index in [0.29, 0.717) is 6.54 Å². The summed E-state index contributed by atoms with van der Waals surface area (Å²) in [4.78, 5) is 0. The van der Waals surface area contributed by atoms with Gasteiger partial charge >= 0.3 is 0 Å². The van der Waals surface area contributed by atoms with E-state index in [1.165, 1.54) is 0 Å². The Morgan fingerprint density at radius 3 is 2.75 bits per heavy atom. The van der Waals surface area contributed by atoms with Crippen LogP contribution in [-0.2, 0) is 6.54 Å². The molecule has 0 aliphatic rings. The van der Waals surface area contributed by atoms with Gasteiger partial charge in [-0.3, -0.25) is 0 Å². The van der Waals surface area contributed by atoms with Crippen LogP contribution in [0.2, 0.25) is 0 Å². The fourth-order valence-corrected chi connectivity index (χ4v) is 1.66. The summed E-state index contributed by atoms with van der Waals surface area (Å²) in [6, 6.07) is 6.01. The van der Waals surface area contributed by atoms with Crippen molar-refractivity contribution in [2.24, 2.45) is 5.73 Å². The second-order valence-corrected chi connectivity index (χ2v) is 3.73. The molecule has 0 saturated carbocycles. The van der Waals surface area contributed by atoms with Gasteiger partial charge in [-0.1, -0.05) is 0 Å². The van der Waals surface area contributed by atoms with E-state index < -0.39 is 0 Å². The summed E-state index contributed by atoms with van der Waals surface area (Å²) < 4.78 is 1.10. The van der Waals surface area contributed by atoms with Crippen molar-refractivity contribution >= 4 is 22.6 Å². The second-order valence-electron chi connectivity index (χ2n) is 2.57. The van der Waals surface area contributed by atoms with Gasteiger partial charge in [0.1, 0.15) is 0 Å². The highest BCUT2D eigenvalue weighted by Gasteiger charge is 2.03. The Hall–Kier alpha value is -0.600. The molecule has 0 bridgehead atoms. The third kappa shape index (κ3) is 1.76. The van der Waals surface area contributed by atoms with Crippen LogP contribution in [-0.4, -0.2) is 0 Å². The molecule has 2 N–H and O–H groups in total. The number of nitriles is 1. The lowest BCUT2D eigenvalue weighted by Crippen LogP contribution is -1.99. The number of rotatable bonds is 1. The fourth-order valence-electron chi connectivity index (χ4n) is 0.969. The highest BCUT2D eigenvalue weighted by Crippen LogP contribution is 2.17. The van der Waals surface area contributed by atoms with Crippen LogP contribution in [0.25, 0.3) is 0 Å². The number of nitrogens with two attached hydrogens (primary N) is 1. The standard InChI is InChI=1S/C9H9IN2/c1-6-8(5-12)2-7(4-11)3-9(6)10/h2-3H,4,11H2,1H3. The zero-order chi connectivity index (χ0) is 9.14. The van der Waals surface area contributed by atoms with Crippen LogP contribution >= 0.6 is 22.6 Å². The Balaban J connectivity index is 3.31. The SMILES string of the molecule is Cc1c(I)cc(CN)cc1C#N. The van der Waals surface area contributed by atoms with Gasteiger partial charge in [-0.15, -0.1) is 0 Å². The van der Waals surface area contributed by atoms with Crippen LogP contribution in [0.1, 0.15) is 16.7 Å². The Morgan fingerprint density at radius 2 is 2.25 bits per heavy atom. The van der Waals surface area contributed by atoms with Gasteiger partial charge in [0, 0.05) is 10.1 Å². The molecule has 12 heavy (non-hydrogen) atoms. The van der Waals surface area contributed by atoms with E-state index in [0.717, 1.165) is 20.3 Å². The van der Waals surface area contributed by atoms with Crippen LogP contribution in [0.5, 0.6) is 0 Å². The molecule has 0 aliphatic carbocycles. The van der Waals surface area contributed by atoms with E-state index in [-0.39, 0.29) is 0 Å². The number of benzene rings is 1. The van der Waals surface area contributed by atoms with Gasteiger partial charge in [-0.25, -0.2) is 0 Å². The minimum absolute atomic E-state index is 0.491. The van der Waals surface area contributed by atoms with Crippen molar-refractivity contribution in [1.82, 2.24) is 0 Å². The summed E-state index contributed by atoms with van der Waals surface area (Å²) in [6.07, 6.45) is 0. The summed E-state index contributed by atoms with van der Waals surface area (Å²) in [5.74, 6) is 0. The largest absolute Gasteiger partial charge is 0.326 e. The monoisotopic (exact) mass is 272 g/mol. The highest BCUT2D eigenvalue weighted by atomic mass is 127. The number of nitrogens with zero attached hydrogens (tertiary/aromatic N) is 1. The van der Waals surface area contributed by atoms with Gasteiger partial charge in [0.15, 0.2) is 0 Å². The van der Waals surface area contributed by atoms with E-state index in [2.05, 4.69) is 28.7 Å². The van der Waals surface area contributed by atoms with Gasteiger partial charge < -0.3 is 5.73 Å². The summed E-state index contributed by atoms with van der Waals surface area (Å²) >= 11 is 2.22. The van der Waals surface area contributed by atoms with Crippen molar-refractivity contribution in [1.29, 1.82) is 5.26 Å². The Labute approximate surface area is 85.5 Å². The number of hydrogen-bond acceptors (Lipinski definition) is 2. The van der Waals surface area contributed by atoms with Crippen molar-refractivity contribution in [2.45, 2.75) is 13.5 Å². The van der Waals surface area contributed by atoms with Gasteiger partial charge in [-0.05, 0) is 52.8 Å². The minimum Gasteiger partial charge on any atom is -0.326 e. The fraction of sp³-hybridized carbons (Fsp3) is 0.222. The maximum absolute atomic E-state index is 8.77. The van der Waals surface area contributed by atoms with Crippen molar-refractivity contribution in [3.8, 4) is 6.07 Å². The maximum Gasteiger partial charge on any atom is 0.0994 e. The molecule has 0 amide bonds. The normalized spacial score (nSPS) is 9.50. The quantitative estimate of drug-likeness (QED) is 0.794. The van der Waals surface area contributed by atoms with Gasteiger partial charge in [0.25, 0.3) is 0 Å². The Bertz CT molecular complexity index is 339. The third-order valence-electron chi connectivity index (χ3n) is 1.76. The molecule has 3 heteroatoms. The summed E-state index contributed by atoms with van der Waals surface area (Å²) in [5, 5.41) is 8.77. The lowest BCUT2D eigenvalue weighted by molar-refractivity contribution is 1.06. The first-order valence-corrected chi connectivity index (χ1v) is 4.66. The predicted molar refractivity (Wildman–Crippen MR) is 56.5 cm³/mol. The molecule has 0 fully saturated rings. The lowest BCUT2D eigenvalue weighted by atomic mass is 10.1. The predicted octanol–water partition coefficient (Wildman–Crippen LogP) is 1.93. The van der Waals surface area contributed by atoms with Crippen molar-refractivity contribution in [3.63, 3.8) is 0 Å². The molecule has 0 spiro atoms. The average Bonchev–Trinajstić information content (AvgIpc) is 2.09. The number of halogens is 1. The average molecular weight is 272 g/mol. The van der Waals surface area contributed by atoms with Crippen LogP contribution in [0.3, 0.4) is 0 Å². The van der Waals surface area contributed by atoms with Crippen molar-refractivity contribution in [3.05, 3.63) is 32.4 Å². The molecule has 0 unspecified atom stereocenters. The summed E-state index contributed by atoms with van der Waals surface area (Å²) in [5.41, 5.74) is 8.26. The molecular weight excluding hydrogens is 263 g/mol. The second kappa shape index (κ2) is 3.87. The third-order valence-corrected chi connectivity index (χ3v) is 2.88. The van der Waals surface area contributed by atoms with Crippen LogP contribution in [0.15, 0.2) is 12.1 Å². The summed E-state index contributed by atoms with van der Waals surface area (Å²) in [6.45, 7) is 2.44. The van der Waals surface area contributed by atoms with Crippen LogP contribution in [0.4, 0.5) is 0 Å². The summed E-state index contributed by atoms with van der Waals surface area (Å²) in [7, 11) is 0. The maximum atomic E-state index is 8.77. The van der Waals surface area contributed by atoms with E-state index in [1.54, 1.807) is 0 Å². The molecule has 0 atom stereocenters. The molecule has 0 aromatic heterocycles. The number of hydrogen-bond donors (Lipinski definition) is 1. The molecule has 62 valence electrons. The molecule has 1 aromatic rings. The van der Waals surface area contributed by atoms with E-state index in [1.807, 2.05) is 19.1 Å². The first kappa shape index (κ1) is 9.49. The minimum atomic E-state index is 0.491. The van der Waals surface area contributed by atoms with Crippen LogP contribution in [0, 0.1) is 21.8 Å². The van der Waals surface area contributed by atoms with E-state index >= 15 is 0 Å². The zero-order valence-corrected chi connectivity index (χ0v) is 8.92. The lowest BCUT2D eigenvalue weighted by Gasteiger charge is -2.03. The molecule has 0 radical (unpaired) electrons. The van der Waals surface area contributed by atoms with Crippen molar-refractivity contribution < 1.29 is 0 Å². The highest BCUT2D eigenvalue weighted by molar-refractivity contribution is 14.1. The molecular formula is C9H9IN2. The van der Waals surface area contributed by atoms with E-state index in [9.17, 15) is 0 Å². The molecule has 1 rings (SSSR count). The Kier molecular flexibility index (Phi) is 3.06. The smallest absolute Gasteiger partial charge is 0.0994 e. The molecule has 1 aromatic carbocycles. The molecule has 0 saturated heterocycles. The molecule has 0 heterocycles. The topological polar surface area (TPSA) is 49.8 Å². The first-order chi connectivity index (χ1) is 5.69. The zero-order valence-electron chi connectivity index (χ0n) is 6.76. The van der Waals surface area contributed by atoms with Gasteiger partial charge in [0.2, 0.25) is 0 Å². The Morgan fingerprint density at radius 1 is 1.58 bits per heavy atom. The van der Waals surface area contributed by atoms with Crippen LogP contribution < -0.4 is 5.73 Å². The molecule has 2 nitrogen and oxygen atoms in total. The van der Waals surface area contributed by atoms with Gasteiger partial charge in [0.05, 0.1) is 11.6 Å². The molecule has 0 aliphatic heterocycles. The van der Waals surface area contributed by atoms with Crippen molar-refractivity contribution in [2.75, 3.05) is 0 Å². The van der Waals surface area contributed by atoms with E-state index in [4.69, 9.17) is 11.0 Å². The van der Waals surface area contributed by atoms with Gasteiger partial charge in [-0.2, -0.15) is 5.26 Å². The first-order valence-electron chi connectivity index (χ1n) is 3.58.